The summed E-state index contributed by atoms with van der Waals surface area (Å²) in [6.45, 7) is 3.20. The second-order valence-corrected chi connectivity index (χ2v) is 5.91. The first-order valence-corrected chi connectivity index (χ1v) is 7.40. The van der Waals surface area contributed by atoms with Crippen LogP contribution in [-0.2, 0) is 14.8 Å². The number of piperazine rings is 1. The Bertz CT molecular complexity index is 520. The van der Waals surface area contributed by atoms with E-state index in [2.05, 4.69) is 9.97 Å². The zero-order valence-corrected chi connectivity index (χ0v) is 11.4. The Morgan fingerprint density at radius 1 is 1.42 bits per heavy atom. The molecule has 0 aromatic carbocycles. The topological polar surface area (TPSA) is 95.6 Å². The molecule has 2 rings (SSSR count). The largest absolute Gasteiger partial charge is 0.450 e. The van der Waals surface area contributed by atoms with E-state index in [0.717, 1.165) is 0 Å². The maximum atomic E-state index is 12.2. The van der Waals surface area contributed by atoms with Gasteiger partial charge < -0.3 is 14.6 Å². The van der Waals surface area contributed by atoms with Crippen molar-refractivity contribution in [2.24, 2.45) is 0 Å². The van der Waals surface area contributed by atoms with E-state index in [1.165, 1.54) is 21.7 Å². The number of rotatable bonds is 3. The lowest BCUT2D eigenvalue weighted by atomic mass is 10.4. The number of nitrogens with one attached hydrogen (secondary N) is 1. The van der Waals surface area contributed by atoms with E-state index in [-0.39, 0.29) is 18.1 Å². The number of ether oxygens (including phenoxy) is 1. The Kier molecular flexibility index (Phi) is 4.05. The van der Waals surface area contributed by atoms with Crippen molar-refractivity contribution in [2.45, 2.75) is 11.9 Å². The Hall–Kier alpha value is -1.61. The van der Waals surface area contributed by atoms with E-state index in [0.29, 0.717) is 19.7 Å². The number of aromatic nitrogens is 2. The lowest BCUT2D eigenvalue weighted by Gasteiger charge is -2.32. The summed E-state index contributed by atoms with van der Waals surface area (Å²) in [5.41, 5.74) is 0. The maximum absolute atomic E-state index is 12.2. The highest BCUT2D eigenvalue weighted by molar-refractivity contribution is 7.89. The molecule has 0 saturated carbocycles. The molecular formula is C10H16N4O4S. The Labute approximate surface area is 111 Å². The quantitative estimate of drug-likeness (QED) is 0.836. The highest BCUT2D eigenvalue weighted by atomic mass is 32.2. The molecular weight excluding hydrogens is 272 g/mol. The van der Waals surface area contributed by atoms with Crippen molar-refractivity contribution in [1.82, 2.24) is 19.2 Å². The lowest BCUT2D eigenvalue weighted by Crippen LogP contribution is -2.50. The molecule has 1 aliphatic heterocycles. The van der Waals surface area contributed by atoms with Crippen LogP contribution < -0.4 is 0 Å². The highest BCUT2D eigenvalue weighted by Gasteiger charge is 2.31. The minimum absolute atomic E-state index is 0.0667. The summed E-state index contributed by atoms with van der Waals surface area (Å²) in [5, 5.41) is 0.0667. The standard InChI is InChI=1S/C10H16N4O4S/c1-2-18-10(15)13-3-5-14(6-4-13)19(16,17)9-7-11-8-12-9/h7-8H,2-6H2,1H3,(H,11,12). The van der Waals surface area contributed by atoms with Crippen LogP contribution in [0.4, 0.5) is 4.79 Å². The van der Waals surface area contributed by atoms with E-state index < -0.39 is 16.1 Å². The summed E-state index contributed by atoms with van der Waals surface area (Å²) in [4.78, 5) is 19.3. The number of imidazole rings is 1. The van der Waals surface area contributed by atoms with Crippen molar-refractivity contribution in [3.63, 3.8) is 0 Å². The van der Waals surface area contributed by atoms with E-state index in [1.807, 2.05) is 0 Å². The first kappa shape index (κ1) is 13.8. The molecule has 0 bridgehead atoms. The van der Waals surface area contributed by atoms with Gasteiger partial charge in [-0.25, -0.2) is 18.2 Å². The molecule has 2 heterocycles. The first-order valence-electron chi connectivity index (χ1n) is 5.96. The van der Waals surface area contributed by atoms with Crippen molar-refractivity contribution in [3.05, 3.63) is 12.5 Å². The molecule has 0 spiro atoms. The van der Waals surface area contributed by atoms with E-state index in [9.17, 15) is 13.2 Å². The molecule has 106 valence electrons. The van der Waals surface area contributed by atoms with E-state index in [1.54, 1.807) is 6.92 Å². The van der Waals surface area contributed by atoms with Gasteiger partial charge in [0.15, 0.2) is 5.03 Å². The van der Waals surface area contributed by atoms with Gasteiger partial charge in [0.25, 0.3) is 10.0 Å². The SMILES string of the molecule is CCOC(=O)N1CCN(S(=O)(=O)c2cnc[nH]2)CC1. The third-order valence-corrected chi connectivity index (χ3v) is 4.68. The monoisotopic (exact) mass is 288 g/mol. The molecule has 19 heavy (non-hydrogen) atoms. The highest BCUT2D eigenvalue weighted by Crippen LogP contribution is 2.15. The average molecular weight is 288 g/mol. The smallest absolute Gasteiger partial charge is 0.409 e. The molecule has 1 aromatic heterocycles. The zero-order chi connectivity index (χ0) is 13.9. The number of amides is 1. The Balaban J connectivity index is 1.99. The fourth-order valence-electron chi connectivity index (χ4n) is 1.85. The fourth-order valence-corrected chi connectivity index (χ4v) is 3.17. The predicted molar refractivity (Wildman–Crippen MR) is 65.9 cm³/mol. The zero-order valence-electron chi connectivity index (χ0n) is 10.6. The molecule has 0 radical (unpaired) electrons. The Morgan fingerprint density at radius 3 is 2.63 bits per heavy atom. The van der Waals surface area contributed by atoms with Gasteiger partial charge in [0.2, 0.25) is 0 Å². The van der Waals surface area contributed by atoms with Crippen molar-refractivity contribution in [3.8, 4) is 0 Å². The summed E-state index contributed by atoms with van der Waals surface area (Å²) in [6, 6.07) is 0. The van der Waals surface area contributed by atoms with Crippen LogP contribution in [0.25, 0.3) is 0 Å². The number of nitrogens with zero attached hydrogens (tertiary/aromatic N) is 3. The summed E-state index contributed by atoms with van der Waals surface area (Å²) < 4.78 is 30.5. The van der Waals surface area contributed by atoms with Crippen LogP contribution in [0.2, 0.25) is 0 Å². The number of carbonyl (C=O) groups is 1. The molecule has 8 nitrogen and oxygen atoms in total. The summed E-state index contributed by atoms with van der Waals surface area (Å²) in [5.74, 6) is 0. The van der Waals surface area contributed by atoms with Gasteiger partial charge in [-0.05, 0) is 6.92 Å². The number of sulfonamides is 1. The van der Waals surface area contributed by atoms with Gasteiger partial charge in [0.05, 0.1) is 19.1 Å². The van der Waals surface area contributed by atoms with Crippen LogP contribution in [0.1, 0.15) is 6.92 Å². The van der Waals surface area contributed by atoms with Gasteiger partial charge in [-0.1, -0.05) is 0 Å². The number of carbonyl (C=O) groups excluding carboxylic acids is 1. The summed E-state index contributed by atoms with van der Waals surface area (Å²) >= 11 is 0. The van der Waals surface area contributed by atoms with Crippen molar-refractivity contribution in [2.75, 3.05) is 32.8 Å². The van der Waals surface area contributed by atoms with Crippen molar-refractivity contribution in [1.29, 1.82) is 0 Å². The van der Waals surface area contributed by atoms with Gasteiger partial charge in [0.1, 0.15) is 0 Å². The molecule has 0 atom stereocenters. The molecule has 1 aliphatic rings. The second-order valence-electron chi connectivity index (χ2n) is 4.01. The molecule has 1 aromatic rings. The molecule has 0 unspecified atom stereocenters. The van der Waals surface area contributed by atoms with Crippen molar-refractivity contribution >= 4 is 16.1 Å². The molecule has 1 fully saturated rings. The van der Waals surface area contributed by atoms with Gasteiger partial charge in [-0.2, -0.15) is 4.31 Å². The normalized spacial score (nSPS) is 17.4. The minimum atomic E-state index is -3.54. The fraction of sp³-hybridized carbons (Fsp3) is 0.600. The van der Waals surface area contributed by atoms with Crippen molar-refractivity contribution < 1.29 is 17.9 Å². The number of aromatic amines is 1. The molecule has 1 amide bonds. The lowest BCUT2D eigenvalue weighted by molar-refractivity contribution is 0.0934. The van der Waals surface area contributed by atoms with Gasteiger partial charge in [0, 0.05) is 26.2 Å². The molecule has 1 saturated heterocycles. The van der Waals surface area contributed by atoms with Crippen LogP contribution in [0.3, 0.4) is 0 Å². The number of hydrogen-bond donors (Lipinski definition) is 1. The third kappa shape index (κ3) is 2.87. The second kappa shape index (κ2) is 5.57. The molecule has 0 aliphatic carbocycles. The van der Waals surface area contributed by atoms with Gasteiger partial charge in [-0.3, -0.25) is 0 Å². The van der Waals surface area contributed by atoms with Crippen LogP contribution in [0, 0.1) is 0 Å². The molecule has 9 heteroatoms. The first-order chi connectivity index (χ1) is 9.05. The van der Waals surface area contributed by atoms with Crippen LogP contribution in [0.15, 0.2) is 17.6 Å². The summed E-state index contributed by atoms with van der Waals surface area (Å²) in [7, 11) is -3.54. The van der Waals surface area contributed by atoms with Crippen LogP contribution in [-0.4, -0.2) is 66.5 Å². The minimum Gasteiger partial charge on any atom is -0.450 e. The predicted octanol–water partition coefficient (Wildman–Crippen LogP) is -0.127. The Morgan fingerprint density at radius 2 is 2.11 bits per heavy atom. The maximum Gasteiger partial charge on any atom is 0.409 e. The van der Waals surface area contributed by atoms with E-state index >= 15 is 0 Å². The van der Waals surface area contributed by atoms with Crippen LogP contribution >= 0.6 is 0 Å². The van der Waals surface area contributed by atoms with E-state index in [4.69, 9.17) is 4.74 Å². The third-order valence-electron chi connectivity index (χ3n) is 2.86. The molecule has 1 N–H and O–H groups in total. The van der Waals surface area contributed by atoms with Crippen LogP contribution in [0.5, 0.6) is 0 Å². The number of hydrogen-bond acceptors (Lipinski definition) is 5. The summed E-state index contributed by atoms with van der Waals surface area (Å²) in [6.07, 6.45) is 2.19. The average Bonchev–Trinajstić information content (AvgIpc) is 2.94. The van der Waals surface area contributed by atoms with Gasteiger partial charge >= 0.3 is 6.09 Å². The van der Waals surface area contributed by atoms with Gasteiger partial charge in [-0.15, -0.1) is 0 Å². The number of H-pyrrole nitrogens is 1.